The van der Waals surface area contributed by atoms with E-state index >= 15 is 0 Å². The van der Waals surface area contributed by atoms with Crippen molar-refractivity contribution < 1.29 is 9.59 Å². The summed E-state index contributed by atoms with van der Waals surface area (Å²) in [5.41, 5.74) is 5.62. The number of nitrogens with zero attached hydrogens (tertiary/aromatic N) is 3. The van der Waals surface area contributed by atoms with Gasteiger partial charge in [0.25, 0.3) is 5.91 Å². The fourth-order valence-corrected chi connectivity index (χ4v) is 6.63. The summed E-state index contributed by atoms with van der Waals surface area (Å²) in [6.07, 6.45) is 1.78. The zero-order valence-corrected chi connectivity index (χ0v) is 22.3. The number of benzene rings is 2. The average molecular weight is 502 g/mol. The molecule has 5 nitrogen and oxygen atoms in total. The number of thiophene rings is 1. The molecule has 2 aliphatic heterocycles. The van der Waals surface area contributed by atoms with E-state index in [2.05, 4.69) is 54.5 Å². The minimum atomic E-state index is -0.235. The van der Waals surface area contributed by atoms with Crippen molar-refractivity contribution in [1.29, 1.82) is 0 Å². The van der Waals surface area contributed by atoms with Crippen LogP contribution in [-0.2, 0) is 11.2 Å². The summed E-state index contributed by atoms with van der Waals surface area (Å²) in [6, 6.07) is 18.4. The van der Waals surface area contributed by atoms with Crippen LogP contribution in [0.15, 0.2) is 60.0 Å². The molecule has 0 spiro atoms. The molecule has 3 heterocycles. The molecule has 1 saturated heterocycles. The molecular formula is C30H35N3O2S. The van der Waals surface area contributed by atoms with Crippen LogP contribution in [0.25, 0.3) is 0 Å². The van der Waals surface area contributed by atoms with E-state index in [0.29, 0.717) is 26.2 Å². The topological polar surface area (TPSA) is 43.9 Å². The first-order valence-electron chi connectivity index (χ1n) is 13.0. The number of rotatable bonds is 4. The Morgan fingerprint density at radius 1 is 0.833 bits per heavy atom. The SMILES string of the molecule is Cc1ccccc1C(=O)N1CCCN(C(=O)[C@H](C)N2CCc3sccc3[C@@H]2c2ccccc2C)CC1. The largest absolute Gasteiger partial charge is 0.340 e. The number of carbonyl (C=O) groups is 2. The first-order chi connectivity index (χ1) is 17.5. The van der Waals surface area contributed by atoms with Gasteiger partial charge in [-0.2, -0.15) is 0 Å². The van der Waals surface area contributed by atoms with Crippen molar-refractivity contribution in [3.8, 4) is 0 Å². The van der Waals surface area contributed by atoms with Gasteiger partial charge in [0.15, 0.2) is 0 Å². The normalized spacial score (nSPS) is 19.5. The van der Waals surface area contributed by atoms with Gasteiger partial charge in [-0.3, -0.25) is 14.5 Å². The number of hydrogen-bond donors (Lipinski definition) is 0. The summed E-state index contributed by atoms with van der Waals surface area (Å²) in [5.74, 6) is 0.230. The lowest BCUT2D eigenvalue weighted by Crippen LogP contribution is -2.51. The Morgan fingerprint density at radius 2 is 1.53 bits per heavy atom. The maximum atomic E-state index is 13.8. The Hall–Kier alpha value is -2.96. The van der Waals surface area contributed by atoms with Crippen molar-refractivity contribution in [2.75, 3.05) is 32.7 Å². The van der Waals surface area contributed by atoms with E-state index in [1.54, 1.807) is 0 Å². The molecule has 0 saturated carbocycles. The number of fused-ring (bicyclic) bond motifs is 1. The Balaban J connectivity index is 1.33. The van der Waals surface area contributed by atoms with Crippen LogP contribution >= 0.6 is 11.3 Å². The first-order valence-corrected chi connectivity index (χ1v) is 13.8. The maximum Gasteiger partial charge on any atom is 0.254 e. The third-order valence-electron chi connectivity index (χ3n) is 7.81. The van der Waals surface area contributed by atoms with Gasteiger partial charge in [0.1, 0.15) is 0 Å². The minimum Gasteiger partial charge on any atom is -0.340 e. The lowest BCUT2D eigenvalue weighted by Gasteiger charge is -2.41. The average Bonchev–Trinajstić information content (AvgIpc) is 3.24. The predicted octanol–water partition coefficient (Wildman–Crippen LogP) is 5.08. The second-order valence-corrected chi connectivity index (χ2v) is 11.0. The Kier molecular flexibility index (Phi) is 7.26. The highest BCUT2D eigenvalue weighted by Crippen LogP contribution is 2.40. The van der Waals surface area contributed by atoms with Crippen molar-refractivity contribution >= 4 is 23.2 Å². The molecular weight excluding hydrogens is 466 g/mol. The van der Waals surface area contributed by atoms with E-state index in [4.69, 9.17) is 0 Å². The van der Waals surface area contributed by atoms with E-state index in [-0.39, 0.29) is 23.9 Å². The van der Waals surface area contributed by atoms with Gasteiger partial charge < -0.3 is 9.80 Å². The summed E-state index contributed by atoms with van der Waals surface area (Å²) < 4.78 is 0. The Labute approximate surface area is 218 Å². The molecule has 5 rings (SSSR count). The van der Waals surface area contributed by atoms with Crippen LogP contribution in [0, 0.1) is 13.8 Å². The fourth-order valence-electron chi connectivity index (χ4n) is 5.72. The lowest BCUT2D eigenvalue weighted by molar-refractivity contribution is -0.137. The van der Waals surface area contributed by atoms with Gasteiger partial charge in [-0.05, 0) is 73.4 Å². The van der Waals surface area contributed by atoms with E-state index in [1.165, 1.54) is 21.6 Å². The van der Waals surface area contributed by atoms with Gasteiger partial charge in [0, 0.05) is 43.2 Å². The monoisotopic (exact) mass is 501 g/mol. The van der Waals surface area contributed by atoms with Crippen molar-refractivity contribution in [2.24, 2.45) is 0 Å². The molecule has 0 radical (unpaired) electrons. The number of carbonyl (C=O) groups excluding carboxylic acids is 2. The van der Waals surface area contributed by atoms with Crippen molar-refractivity contribution in [3.63, 3.8) is 0 Å². The van der Waals surface area contributed by atoms with E-state index in [9.17, 15) is 9.59 Å². The molecule has 2 aromatic carbocycles. The smallest absolute Gasteiger partial charge is 0.254 e. The van der Waals surface area contributed by atoms with E-state index in [1.807, 2.05) is 52.3 Å². The molecule has 0 unspecified atom stereocenters. The molecule has 0 aliphatic carbocycles. The standard InChI is InChI=1S/C30H35N3O2S/c1-21-9-4-6-11-24(21)28-26-14-20-36-27(26)13-17-33(28)23(3)29(34)31-15-8-16-32(19-18-31)30(35)25-12-7-5-10-22(25)2/h4-7,9-12,14,20,23,28H,8,13,15-19H2,1-3H3/t23-,28-/m0/s1. The second kappa shape index (κ2) is 10.6. The zero-order chi connectivity index (χ0) is 25.2. The van der Waals surface area contributed by atoms with Gasteiger partial charge >= 0.3 is 0 Å². The van der Waals surface area contributed by atoms with Crippen molar-refractivity contribution in [1.82, 2.24) is 14.7 Å². The van der Waals surface area contributed by atoms with Crippen LogP contribution in [0.3, 0.4) is 0 Å². The Bertz CT molecular complexity index is 1250. The molecule has 6 heteroatoms. The molecule has 0 bridgehead atoms. The fraction of sp³-hybridized carbons (Fsp3) is 0.400. The van der Waals surface area contributed by atoms with Gasteiger partial charge in [-0.1, -0.05) is 42.5 Å². The molecule has 36 heavy (non-hydrogen) atoms. The summed E-state index contributed by atoms with van der Waals surface area (Å²) in [7, 11) is 0. The highest BCUT2D eigenvalue weighted by Gasteiger charge is 2.37. The van der Waals surface area contributed by atoms with Crippen LogP contribution in [0.5, 0.6) is 0 Å². The van der Waals surface area contributed by atoms with Crippen molar-refractivity contribution in [3.05, 3.63) is 92.7 Å². The molecule has 1 aromatic heterocycles. The summed E-state index contributed by atoms with van der Waals surface area (Å²) in [5, 5.41) is 2.18. The second-order valence-electron chi connectivity index (χ2n) is 10.0. The summed E-state index contributed by atoms with van der Waals surface area (Å²) in [6.45, 7) is 9.58. The van der Waals surface area contributed by atoms with Gasteiger partial charge in [0.05, 0.1) is 12.1 Å². The predicted molar refractivity (Wildman–Crippen MR) is 145 cm³/mol. The lowest BCUT2D eigenvalue weighted by atomic mass is 9.89. The van der Waals surface area contributed by atoms with Crippen LogP contribution in [0.4, 0.5) is 0 Å². The number of aryl methyl sites for hydroxylation is 2. The quantitative estimate of drug-likeness (QED) is 0.501. The van der Waals surface area contributed by atoms with Crippen LogP contribution < -0.4 is 0 Å². The third kappa shape index (κ3) is 4.72. The molecule has 3 aromatic rings. The zero-order valence-electron chi connectivity index (χ0n) is 21.4. The summed E-state index contributed by atoms with van der Waals surface area (Å²) >= 11 is 1.83. The first kappa shape index (κ1) is 24.7. The van der Waals surface area contributed by atoms with Gasteiger partial charge in [0.2, 0.25) is 5.91 Å². The highest BCUT2D eigenvalue weighted by atomic mass is 32.1. The molecule has 2 atom stereocenters. The molecule has 0 N–H and O–H groups in total. The van der Waals surface area contributed by atoms with Crippen LogP contribution in [-0.4, -0.2) is 65.3 Å². The maximum absolute atomic E-state index is 13.8. The highest BCUT2D eigenvalue weighted by molar-refractivity contribution is 7.10. The van der Waals surface area contributed by atoms with Gasteiger partial charge in [-0.25, -0.2) is 0 Å². The number of hydrogen-bond acceptors (Lipinski definition) is 4. The van der Waals surface area contributed by atoms with Crippen molar-refractivity contribution in [2.45, 2.75) is 45.7 Å². The third-order valence-corrected chi connectivity index (χ3v) is 8.81. The molecule has 188 valence electrons. The number of amides is 2. The molecule has 2 amide bonds. The van der Waals surface area contributed by atoms with E-state index in [0.717, 1.165) is 30.5 Å². The summed E-state index contributed by atoms with van der Waals surface area (Å²) in [4.78, 5) is 34.7. The van der Waals surface area contributed by atoms with E-state index < -0.39 is 0 Å². The van der Waals surface area contributed by atoms with Gasteiger partial charge in [-0.15, -0.1) is 11.3 Å². The molecule has 1 fully saturated rings. The van der Waals surface area contributed by atoms with Crippen LogP contribution in [0.2, 0.25) is 0 Å². The molecule has 2 aliphatic rings. The Morgan fingerprint density at radius 3 is 2.31 bits per heavy atom. The minimum absolute atomic E-state index is 0.0658. The van der Waals surface area contributed by atoms with Crippen LogP contribution in [0.1, 0.15) is 56.9 Å².